The molecule has 1 fully saturated rings. The van der Waals surface area contributed by atoms with Gasteiger partial charge in [0.05, 0.1) is 6.20 Å². The van der Waals surface area contributed by atoms with E-state index in [1.807, 2.05) is 41.8 Å². The standard InChI is InChI=1S/C20H17N3O3S/c24-18-20(9-4-7-16-14(20)8-10-27-16)22-19(25)23(18)12-17-21-11-15(26-17)13-5-2-1-3-6-13/h1-3,5-6,8,10-11H,4,7,9,12H2,(H,22,25). The lowest BCUT2D eigenvalue weighted by Crippen LogP contribution is -2.46. The monoisotopic (exact) mass is 379 g/mol. The highest BCUT2D eigenvalue weighted by Gasteiger charge is 2.54. The molecule has 2 aliphatic rings. The van der Waals surface area contributed by atoms with E-state index in [4.69, 9.17) is 4.42 Å². The first-order chi connectivity index (χ1) is 13.2. The number of nitrogens with one attached hydrogen (secondary N) is 1. The van der Waals surface area contributed by atoms with Crippen LogP contribution in [0.25, 0.3) is 11.3 Å². The fraction of sp³-hybridized carbons (Fsp3) is 0.250. The number of hydrogen-bond acceptors (Lipinski definition) is 5. The number of oxazole rings is 1. The second-order valence-corrected chi connectivity index (χ2v) is 7.82. The van der Waals surface area contributed by atoms with Crippen molar-refractivity contribution in [1.29, 1.82) is 0 Å². The van der Waals surface area contributed by atoms with Gasteiger partial charge in [-0.15, -0.1) is 11.3 Å². The number of aryl methyl sites for hydroxylation is 1. The minimum atomic E-state index is -0.931. The molecule has 6 nitrogen and oxygen atoms in total. The molecule has 7 heteroatoms. The van der Waals surface area contributed by atoms with Gasteiger partial charge >= 0.3 is 6.03 Å². The molecule has 1 aromatic carbocycles. The van der Waals surface area contributed by atoms with Crippen molar-refractivity contribution in [3.8, 4) is 11.3 Å². The Labute approximate surface area is 159 Å². The molecule has 0 saturated carbocycles. The maximum absolute atomic E-state index is 13.2. The van der Waals surface area contributed by atoms with Crippen LogP contribution in [0.1, 0.15) is 29.2 Å². The van der Waals surface area contributed by atoms with Crippen molar-refractivity contribution in [2.24, 2.45) is 0 Å². The van der Waals surface area contributed by atoms with Crippen LogP contribution in [0.3, 0.4) is 0 Å². The predicted octanol–water partition coefficient (Wildman–Crippen LogP) is 3.69. The first-order valence-electron chi connectivity index (χ1n) is 8.88. The number of thiophene rings is 1. The van der Waals surface area contributed by atoms with E-state index in [9.17, 15) is 9.59 Å². The van der Waals surface area contributed by atoms with Gasteiger partial charge in [-0.05, 0) is 30.7 Å². The van der Waals surface area contributed by atoms with Gasteiger partial charge in [-0.2, -0.15) is 0 Å². The van der Waals surface area contributed by atoms with Crippen LogP contribution in [-0.2, 0) is 23.3 Å². The van der Waals surface area contributed by atoms with E-state index in [-0.39, 0.29) is 12.5 Å². The van der Waals surface area contributed by atoms with Crippen LogP contribution in [0.4, 0.5) is 4.79 Å². The molecule has 1 aliphatic heterocycles. The van der Waals surface area contributed by atoms with Crippen molar-refractivity contribution in [3.63, 3.8) is 0 Å². The molecule has 1 spiro atoms. The number of carbonyl (C=O) groups is 2. The normalized spacial score (nSPS) is 21.6. The van der Waals surface area contributed by atoms with E-state index < -0.39 is 11.6 Å². The summed E-state index contributed by atoms with van der Waals surface area (Å²) >= 11 is 1.64. The van der Waals surface area contributed by atoms with Gasteiger partial charge in [0, 0.05) is 16.0 Å². The summed E-state index contributed by atoms with van der Waals surface area (Å²) in [6.07, 6.45) is 4.08. The van der Waals surface area contributed by atoms with Crippen LogP contribution in [0.15, 0.2) is 52.4 Å². The highest BCUT2D eigenvalue weighted by atomic mass is 32.1. The van der Waals surface area contributed by atoms with E-state index in [2.05, 4.69) is 10.3 Å². The quantitative estimate of drug-likeness (QED) is 0.704. The highest BCUT2D eigenvalue weighted by molar-refractivity contribution is 7.10. The average Bonchev–Trinajstić information content (AvgIpc) is 3.40. The zero-order valence-corrected chi connectivity index (χ0v) is 15.3. The summed E-state index contributed by atoms with van der Waals surface area (Å²) in [4.78, 5) is 32.5. The third-order valence-electron chi connectivity index (χ3n) is 5.24. The number of fused-ring (bicyclic) bond motifs is 2. The largest absolute Gasteiger partial charge is 0.439 e. The topological polar surface area (TPSA) is 75.4 Å². The fourth-order valence-corrected chi connectivity index (χ4v) is 4.94. The third-order valence-corrected chi connectivity index (χ3v) is 6.22. The molecule has 3 heterocycles. The summed E-state index contributed by atoms with van der Waals surface area (Å²) in [6, 6.07) is 11.2. The minimum absolute atomic E-state index is 0.0265. The Morgan fingerprint density at radius 1 is 1.22 bits per heavy atom. The Bertz CT molecular complexity index is 1030. The Hall–Kier alpha value is -2.93. The molecule has 0 bridgehead atoms. The summed E-state index contributed by atoms with van der Waals surface area (Å²) in [5, 5.41) is 4.93. The van der Waals surface area contributed by atoms with Crippen molar-refractivity contribution >= 4 is 23.3 Å². The van der Waals surface area contributed by atoms with Gasteiger partial charge in [0.1, 0.15) is 12.1 Å². The van der Waals surface area contributed by atoms with Crippen molar-refractivity contribution in [2.45, 2.75) is 31.3 Å². The lowest BCUT2D eigenvalue weighted by Gasteiger charge is -2.31. The number of aromatic nitrogens is 1. The van der Waals surface area contributed by atoms with Crippen LogP contribution < -0.4 is 5.32 Å². The Morgan fingerprint density at radius 3 is 2.93 bits per heavy atom. The van der Waals surface area contributed by atoms with Gasteiger partial charge in [-0.1, -0.05) is 30.3 Å². The third kappa shape index (κ3) is 2.49. The maximum Gasteiger partial charge on any atom is 0.325 e. The van der Waals surface area contributed by atoms with Gasteiger partial charge in [0.2, 0.25) is 5.89 Å². The molecule has 1 atom stereocenters. The van der Waals surface area contributed by atoms with E-state index in [0.717, 1.165) is 24.0 Å². The number of urea groups is 1. The molecule has 1 unspecified atom stereocenters. The van der Waals surface area contributed by atoms with E-state index in [1.165, 1.54) is 9.78 Å². The van der Waals surface area contributed by atoms with Crippen LogP contribution in [0.5, 0.6) is 0 Å². The number of hydrogen-bond donors (Lipinski definition) is 1. The van der Waals surface area contributed by atoms with Gasteiger partial charge in [-0.25, -0.2) is 9.78 Å². The van der Waals surface area contributed by atoms with Gasteiger partial charge in [0.25, 0.3) is 5.91 Å². The van der Waals surface area contributed by atoms with Crippen molar-refractivity contribution < 1.29 is 14.0 Å². The summed E-state index contributed by atoms with van der Waals surface area (Å²) in [5.74, 6) is 0.743. The number of imide groups is 1. The number of amides is 3. The molecule has 0 radical (unpaired) electrons. The van der Waals surface area contributed by atoms with Crippen LogP contribution >= 0.6 is 11.3 Å². The maximum atomic E-state index is 13.2. The zero-order valence-electron chi connectivity index (χ0n) is 14.5. The molecule has 1 saturated heterocycles. The molecule has 136 valence electrons. The molecule has 3 amide bonds. The number of benzene rings is 1. The minimum Gasteiger partial charge on any atom is -0.439 e. The summed E-state index contributed by atoms with van der Waals surface area (Å²) in [5.41, 5.74) is 0.913. The zero-order chi connectivity index (χ0) is 18.4. The smallest absolute Gasteiger partial charge is 0.325 e. The first kappa shape index (κ1) is 16.3. The molecular weight excluding hydrogens is 362 g/mol. The molecule has 3 aromatic rings. The van der Waals surface area contributed by atoms with Gasteiger partial charge < -0.3 is 9.73 Å². The lowest BCUT2D eigenvalue weighted by molar-refractivity contribution is -0.132. The Kier molecular flexibility index (Phi) is 3.65. The second-order valence-electron chi connectivity index (χ2n) is 6.82. The SMILES string of the molecule is O=C1NC2(CCCc3sccc32)C(=O)N1Cc1ncc(-c2ccccc2)o1. The summed E-state index contributed by atoms with van der Waals surface area (Å²) in [6.45, 7) is 0.0265. The number of nitrogens with zero attached hydrogens (tertiary/aromatic N) is 2. The average molecular weight is 379 g/mol. The van der Waals surface area contributed by atoms with Crippen molar-refractivity contribution in [2.75, 3.05) is 0 Å². The Balaban J connectivity index is 1.42. The second kappa shape index (κ2) is 6.06. The number of carbonyl (C=O) groups excluding carboxylic acids is 2. The lowest BCUT2D eigenvalue weighted by atomic mass is 9.80. The van der Waals surface area contributed by atoms with E-state index >= 15 is 0 Å². The van der Waals surface area contributed by atoms with Crippen molar-refractivity contribution in [3.05, 3.63) is 64.3 Å². The van der Waals surface area contributed by atoms with Crippen LogP contribution in [0.2, 0.25) is 0 Å². The Morgan fingerprint density at radius 2 is 2.07 bits per heavy atom. The predicted molar refractivity (Wildman–Crippen MR) is 100.0 cm³/mol. The summed E-state index contributed by atoms with van der Waals surface area (Å²) < 4.78 is 5.78. The molecule has 1 N–H and O–H groups in total. The molecule has 27 heavy (non-hydrogen) atoms. The van der Waals surface area contributed by atoms with E-state index in [0.29, 0.717) is 18.1 Å². The molecule has 1 aliphatic carbocycles. The van der Waals surface area contributed by atoms with Crippen molar-refractivity contribution in [1.82, 2.24) is 15.2 Å². The fourth-order valence-electron chi connectivity index (χ4n) is 3.94. The number of rotatable bonds is 3. The van der Waals surface area contributed by atoms with Gasteiger partial charge in [0.15, 0.2) is 5.76 Å². The molecule has 5 rings (SSSR count). The van der Waals surface area contributed by atoms with E-state index in [1.54, 1.807) is 17.5 Å². The molecule has 2 aromatic heterocycles. The van der Waals surface area contributed by atoms with Crippen LogP contribution in [-0.4, -0.2) is 21.8 Å². The van der Waals surface area contributed by atoms with Crippen LogP contribution in [0, 0.1) is 0 Å². The highest BCUT2D eigenvalue weighted by Crippen LogP contribution is 2.42. The molecular formula is C20H17N3O3S. The summed E-state index contributed by atoms with van der Waals surface area (Å²) in [7, 11) is 0. The first-order valence-corrected chi connectivity index (χ1v) is 9.76. The van der Waals surface area contributed by atoms with Gasteiger partial charge in [-0.3, -0.25) is 9.69 Å².